The second-order valence-electron chi connectivity index (χ2n) is 2.82. The molecule has 6 nitrogen and oxygen atoms in total. The van der Waals surface area contributed by atoms with Crippen LogP contribution in [0, 0.1) is 10.1 Å². The van der Waals surface area contributed by atoms with E-state index in [1.807, 2.05) is 0 Å². The summed E-state index contributed by atoms with van der Waals surface area (Å²) in [5.74, 6) is 0. The Balaban J connectivity index is 3.27. The lowest BCUT2D eigenvalue weighted by molar-refractivity contribution is -0.388. The third-order valence-corrected chi connectivity index (χ3v) is 2.10. The molecule has 1 N–H and O–H groups in total. The van der Waals surface area contributed by atoms with Crippen molar-refractivity contribution in [2.24, 2.45) is 0 Å². The smallest absolute Gasteiger partial charge is 0.423 e. The molecule has 1 rings (SSSR count). The van der Waals surface area contributed by atoms with Crippen molar-refractivity contribution in [1.29, 1.82) is 0 Å². The molecule has 0 amide bonds. The Morgan fingerprint density at radius 3 is 2.35 bits per heavy atom. The van der Waals surface area contributed by atoms with Crippen molar-refractivity contribution >= 4 is 22.6 Å². The van der Waals surface area contributed by atoms with Gasteiger partial charge in [-0.2, -0.15) is 13.2 Å². The Hall–Kier alpha value is -1.68. The Bertz CT molecular complexity index is 477. The van der Waals surface area contributed by atoms with Gasteiger partial charge in [0.05, 0.1) is 10.6 Å². The number of alkyl halides is 3. The first-order valence-corrected chi connectivity index (χ1v) is 5.01. The predicted octanol–water partition coefficient (Wildman–Crippen LogP) is 1.82. The van der Waals surface area contributed by atoms with Crippen molar-refractivity contribution in [3.63, 3.8) is 0 Å². The SMILES string of the molecule is O=[N+]([O-])c1cc(NS(=O)[O-])ccc1C(F)(F)F. The molecule has 0 radical (unpaired) electrons. The summed E-state index contributed by atoms with van der Waals surface area (Å²) >= 11 is -2.77. The zero-order chi connectivity index (χ0) is 13.2. The maximum absolute atomic E-state index is 12.4. The van der Waals surface area contributed by atoms with Gasteiger partial charge < -0.3 is 9.27 Å². The van der Waals surface area contributed by atoms with Crippen LogP contribution in [0.3, 0.4) is 0 Å². The van der Waals surface area contributed by atoms with E-state index in [0.717, 1.165) is 6.07 Å². The van der Waals surface area contributed by atoms with Crippen molar-refractivity contribution < 1.29 is 26.9 Å². The number of rotatable bonds is 3. The number of anilines is 1. The van der Waals surface area contributed by atoms with Gasteiger partial charge in [-0.15, -0.1) is 0 Å². The number of nitrogens with one attached hydrogen (secondary N) is 1. The van der Waals surface area contributed by atoms with Gasteiger partial charge in [0.1, 0.15) is 5.56 Å². The van der Waals surface area contributed by atoms with E-state index < -0.39 is 33.6 Å². The summed E-state index contributed by atoms with van der Waals surface area (Å²) in [7, 11) is 0. The lowest BCUT2D eigenvalue weighted by Crippen LogP contribution is -2.10. The van der Waals surface area contributed by atoms with Crippen LogP contribution >= 0.6 is 0 Å². The Kier molecular flexibility index (Phi) is 3.68. The number of hydrogen-bond donors (Lipinski definition) is 1. The molecular weight excluding hydrogens is 265 g/mol. The number of benzene rings is 1. The van der Waals surface area contributed by atoms with Crippen LogP contribution < -0.4 is 4.72 Å². The van der Waals surface area contributed by atoms with E-state index in [0.29, 0.717) is 12.1 Å². The van der Waals surface area contributed by atoms with Gasteiger partial charge in [-0.3, -0.25) is 14.3 Å². The molecule has 0 heterocycles. The number of nitrogens with zero attached hydrogens (tertiary/aromatic N) is 1. The topological polar surface area (TPSA) is 95.3 Å². The van der Waals surface area contributed by atoms with Crippen LogP contribution in [0.25, 0.3) is 0 Å². The fourth-order valence-electron chi connectivity index (χ4n) is 1.08. The van der Waals surface area contributed by atoms with Gasteiger partial charge >= 0.3 is 6.18 Å². The molecule has 0 aliphatic rings. The largest absolute Gasteiger partial charge is 0.755 e. The predicted molar refractivity (Wildman–Crippen MR) is 50.6 cm³/mol. The lowest BCUT2D eigenvalue weighted by Gasteiger charge is -2.11. The van der Waals surface area contributed by atoms with E-state index in [4.69, 9.17) is 0 Å². The average Bonchev–Trinajstić information content (AvgIpc) is 2.14. The standard InChI is InChI=1S/C7H5F3N2O4S/c8-7(9,10)5-2-1-4(11-17(15)16)3-6(5)12(13)14/h1-3,11H,(H,15,16)/p-1. The van der Waals surface area contributed by atoms with E-state index in [9.17, 15) is 32.0 Å². The van der Waals surface area contributed by atoms with Gasteiger partial charge in [-0.1, -0.05) is 0 Å². The molecule has 94 valence electrons. The van der Waals surface area contributed by atoms with Gasteiger partial charge in [0.15, 0.2) is 0 Å². The van der Waals surface area contributed by atoms with E-state index in [2.05, 4.69) is 0 Å². The Labute approximate surface area is 95.0 Å². The minimum absolute atomic E-state index is 0.321. The fraction of sp³-hybridized carbons (Fsp3) is 0.143. The molecule has 0 saturated carbocycles. The molecule has 0 saturated heterocycles. The van der Waals surface area contributed by atoms with Crippen molar-refractivity contribution in [3.05, 3.63) is 33.9 Å². The maximum atomic E-state index is 12.4. The van der Waals surface area contributed by atoms with Crippen molar-refractivity contribution in [2.75, 3.05) is 4.72 Å². The minimum atomic E-state index is -4.88. The second kappa shape index (κ2) is 4.67. The summed E-state index contributed by atoms with van der Waals surface area (Å²) < 4.78 is 59.2. The average molecular weight is 269 g/mol. The number of nitro benzene ring substituents is 1. The molecule has 0 fully saturated rings. The van der Waals surface area contributed by atoms with Crippen molar-refractivity contribution in [1.82, 2.24) is 0 Å². The highest BCUT2D eigenvalue weighted by Gasteiger charge is 2.38. The summed E-state index contributed by atoms with van der Waals surface area (Å²) in [6.45, 7) is 0. The summed E-state index contributed by atoms with van der Waals surface area (Å²) in [6.07, 6.45) is -4.88. The van der Waals surface area contributed by atoms with Crippen molar-refractivity contribution in [2.45, 2.75) is 6.18 Å². The first-order chi connectivity index (χ1) is 7.71. The summed E-state index contributed by atoms with van der Waals surface area (Å²) in [5.41, 5.74) is -2.98. The van der Waals surface area contributed by atoms with Crippen molar-refractivity contribution in [3.8, 4) is 0 Å². The number of halogens is 3. The molecular formula is C7H4F3N2O4S-. The first kappa shape index (κ1) is 13.4. The molecule has 1 atom stereocenters. The highest BCUT2D eigenvalue weighted by molar-refractivity contribution is 7.80. The first-order valence-electron chi connectivity index (χ1n) is 3.93. The zero-order valence-electron chi connectivity index (χ0n) is 7.85. The normalized spacial score (nSPS) is 13.2. The third-order valence-electron chi connectivity index (χ3n) is 1.70. The summed E-state index contributed by atoms with van der Waals surface area (Å²) in [6, 6.07) is 1.72. The number of nitro groups is 1. The molecule has 0 aliphatic heterocycles. The molecule has 0 spiro atoms. The Morgan fingerprint density at radius 1 is 1.35 bits per heavy atom. The van der Waals surface area contributed by atoms with Crippen LogP contribution in [-0.2, 0) is 17.4 Å². The molecule has 0 aliphatic carbocycles. The van der Waals surface area contributed by atoms with Crippen LogP contribution in [-0.4, -0.2) is 13.7 Å². The maximum Gasteiger partial charge on any atom is 0.423 e. The third kappa shape index (κ3) is 3.39. The van der Waals surface area contributed by atoms with E-state index in [1.165, 1.54) is 0 Å². The molecule has 1 unspecified atom stereocenters. The number of hydrogen-bond acceptors (Lipinski definition) is 4. The van der Waals surface area contributed by atoms with E-state index in [1.54, 1.807) is 4.72 Å². The van der Waals surface area contributed by atoms with Gasteiger partial charge in [-0.25, -0.2) is 0 Å². The summed E-state index contributed by atoms with van der Waals surface area (Å²) in [4.78, 5) is 9.20. The zero-order valence-corrected chi connectivity index (χ0v) is 8.67. The quantitative estimate of drug-likeness (QED) is 0.514. The fourth-order valence-corrected chi connectivity index (χ4v) is 1.40. The second-order valence-corrected chi connectivity index (χ2v) is 3.50. The van der Waals surface area contributed by atoms with E-state index in [-0.39, 0.29) is 5.69 Å². The van der Waals surface area contributed by atoms with Gasteiger partial charge in [0.25, 0.3) is 5.69 Å². The van der Waals surface area contributed by atoms with Crippen LogP contribution in [0.4, 0.5) is 24.5 Å². The van der Waals surface area contributed by atoms with Gasteiger partial charge in [0, 0.05) is 17.3 Å². The minimum Gasteiger partial charge on any atom is -0.755 e. The summed E-state index contributed by atoms with van der Waals surface area (Å²) in [5, 5.41) is 10.4. The highest BCUT2D eigenvalue weighted by atomic mass is 32.2. The monoisotopic (exact) mass is 269 g/mol. The Morgan fingerprint density at radius 2 is 1.94 bits per heavy atom. The molecule has 0 aromatic heterocycles. The van der Waals surface area contributed by atoms with Crippen LogP contribution in [0.5, 0.6) is 0 Å². The molecule has 10 heteroatoms. The van der Waals surface area contributed by atoms with Crippen LogP contribution in [0.15, 0.2) is 18.2 Å². The van der Waals surface area contributed by atoms with E-state index >= 15 is 0 Å². The van der Waals surface area contributed by atoms with Crippen LogP contribution in [0.2, 0.25) is 0 Å². The lowest BCUT2D eigenvalue weighted by atomic mass is 10.1. The van der Waals surface area contributed by atoms with Gasteiger partial charge in [0.2, 0.25) is 0 Å². The molecule has 1 aromatic carbocycles. The molecule has 0 bridgehead atoms. The van der Waals surface area contributed by atoms with Crippen LogP contribution in [0.1, 0.15) is 5.56 Å². The highest BCUT2D eigenvalue weighted by Crippen LogP contribution is 2.37. The molecule has 1 aromatic rings. The molecule has 17 heavy (non-hydrogen) atoms. The van der Waals surface area contributed by atoms with Gasteiger partial charge in [-0.05, 0) is 12.1 Å².